The Labute approximate surface area is 107 Å². The fourth-order valence-corrected chi connectivity index (χ4v) is 1.46. The molecular formula is C14H20FNO2. The van der Waals surface area contributed by atoms with Gasteiger partial charge in [0.1, 0.15) is 11.6 Å². The molecule has 0 aliphatic rings. The number of methoxy groups -OCH3 is 1. The van der Waals surface area contributed by atoms with Gasteiger partial charge in [0.2, 0.25) is 0 Å². The van der Waals surface area contributed by atoms with Crippen molar-refractivity contribution in [1.29, 1.82) is 0 Å². The van der Waals surface area contributed by atoms with Gasteiger partial charge in [0.15, 0.2) is 5.78 Å². The van der Waals surface area contributed by atoms with E-state index in [0.29, 0.717) is 5.75 Å². The number of carbonyl (C=O) groups excluding carboxylic acids is 1. The van der Waals surface area contributed by atoms with Gasteiger partial charge < -0.3 is 10.5 Å². The average molecular weight is 253 g/mol. The lowest BCUT2D eigenvalue weighted by Gasteiger charge is -2.26. The van der Waals surface area contributed by atoms with Gasteiger partial charge in [-0.1, -0.05) is 20.8 Å². The highest BCUT2D eigenvalue weighted by Crippen LogP contribution is 2.23. The number of carbonyl (C=O) groups is 1. The summed E-state index contributed by atoms with van der Waals surface area (Å²) in [6.07, 6.45) is 0.132. The molecule has 0 aliphatic carbocycles. The van der Waals surface area contributed by atoms with Crippen molar-refractivity contribution in [2.45, 2.75) is 33.2 Å². The predicted molar refractivity (Wildman–Crippen MR) is 69.3 cm³/mol. The number of hydrogen-bond acceptors (Lipinski definition) is 3. The minimum absolute atomic E-state index is 0.0653. The lowest BCUT2D eigenvalue weighted by atomic mass is 9.83. The molecule has 0 saturated heterocycles. The van der Waals surface area contributed by atoms with Crippen molar-refractivity contribution < 1.29 is 13.9 Å². The van der Waals surface area contributed by atoms with Crippen LogP contribution in [-0.4, -0.2) is 18.9 Å². The molecule has 0 spiro atoms. The number of halogens is 1. The first-order valence-electron chi connectivity index (χ1n) is 5.88. The molecule has 0 fully saturated rings. The van der Waals surface area contributed by atoms with E-state index in [9.17, 15) is 9.18 Å². The number of ketones is 1. The van der Waals surface area contributed by atoms with Crippen molar-refractivity contribution in [1.82, 2.24) is 0 Å². The second-order valence-corrected chi connectivity index (χ2v) is 5.45. The zero-order valence-electron chi connectivity index (χ0n) is 11.3. The van der Waals surface area contributed by atoms with Gasteiger partial charge in [-0.05, 0) is 17.5 Å². The maximum absolute atomic E-state index is 13.7. The molecule has 1 aromatic carbocycles. The molecule has 3 nitrogen and oxygen atoms in total. The van der Waals surface area contributed by atoms with Gasteiger partial charge in [0.25, 0.3) is 0 Å². The summed E-state index contributed by atoms with van der Waals surface area (Å²) in [5, 5.41) is 0. The monoisotopic (exact) mass is 253 g/mol. The Balaban J connectivity index is 2.85. The largest absolute Gasteiger partial charge is 0.497 e. The van der Waals surface area contributed by atoms with Crippen LogP contribution in [-0.2, 0) is 0 Å². The van der Waals surface area contributed by atoms with Gasteiger partial charge in [0.05, 0.1) is 12.7 Å². The van der Waals surface area contributed by atoms with Crippen LogP contribution in [0.2, 0.25) is 0 Å². The van der Waals surface area contributed by atoms with E-state index in [4.69, 9.17) is 10.5 Å². The Kier molecular flexibility index (Phi) is 4.46. The van der Waals surface area contributed by atoms with E-state index in [1.165, 1.54) is 19.2 Å². The second-order valence-electron chi connectivity index (χ2n) is 5.45. The number of nitrogens with two attached hydrogens (primary N) is 1. The van der Waals surface area contributed by atoms with E-state index in [1.54, 1.807) is 6.07 Å². The molecule has 1 aromatic rings. The van der Waals surface area contributed by atoms with Crippen molar-refractivity contribution in [2.75, 3.05) is 7.11 Å². The highest BCUT2D eigenvalue weighted by atomic mass is 19.1. The van der Waals surface area contributed by atoms with E-state index in [1.807, 2.05) is 20.8 Å². The normalized spacial score (nSPS) is 13.2. The first-order chi connectivity index (χ1) is 8.25. The number of rotatable bonds is 4. The minimum Gasteiger partial charge on any atom is -0.497 e. The standard InChI is InChI=1S/C14H20FNO2/c1-14(2,3)13(16)8-12(17)10-6-5-9(18-4)7-11(10)15/h5-7,13H,8,16H2,1-4H3. The lowest BCUT2D eigenvalue weighted by molar-refractivity contribution is 0.0949. The molecule has 0 aliphatic heterocycles. The molecule has 0 amide bonds. The van der Waals surface area contributed by atoms with Gasteiger partial charge in [-0.2, -0.15) is 0 Å². The smallest absolute Gasteiger partial charge is 0.167 e. The summed E-state index contributed by atoms with van der Waals surface area (Å²) in [6, 6.07) is 3.91. The Morgan fingerprint density at radius 3 is 2.50 bits per heavy atom. The summed E-state index contributed by atoms with van der Waals surface area (Å²) in [6.45, 7) is 5.86. The molecule has 18 heavy (non-hydrogen) atoms. The molecule has 100 valence electrons. The van der Waals surface area contributed by atoms with Crippen molar-refractivity contribution in [3.05, 3.63) is 29.6 Å². The van der Waals surface area contributed by atoms with Crippen LogP contribution < -0.4 is 10.5 Å². The Morgan fingerprint density at radius 2 is 2.06 bits per heavy atom. The Hall–Kier alpha value is -1.42. The molecule has 1 atom stereocenters. The van der Waals surface area contributed by atoms with Crippen LogP contribution in [0.4, 0.5) is 4.39 Å². The summed E-state index contributed by atoms with van der Waals surface area (Å²) < 4.78 is 18.6. The third kappa shape index (κ3) is 3.53. The molecule has 0 radical (unpaired) electrons. The number of ether oxygens (including phenoxy) is 1. The average Bonchev–Trinajstić information content (AvgIpc) is 2.27. The molecule has 0 bridgehead atoms. The summed E-state index contributed by atoms with van der Waals surface area (Å²) in [4.78, 5) is 12.0. The molecule has 0 saturated carbocycles. The van der Waals surface area contributed by atoms with E-state index in [0.717, 1.165) is 0 Å². The maximum atomic E-state index is 13.7. The SMILES string of the molecule is COc1ccc(C(=O)CC(N)C(C)(C)C)c(F)c1. The predicted octanol–water partition coefficient (Wildman–Crippen LogP) is 2.78. The van der Waals surface area contributed by atoms with Crippen LogP contribution in [0.25, 0.3) is 0 Å². The molecule has 1 unspecified atom stereocenters. The highest BCUT2D eigenvalue weighted by Gasteiger charge is 2.24. The summed E-state index contributed by atoms with van der Waals surface area (Å²) in [5.41, 5.74) is 5.81. The van der Waals surface area contributed by atoms with Gasteiger partial charge >= 0.3 is 0 Å². The van der Waals surface area contributed by atoms with Crippen LogP contribution in [0.5, 0.6) is 5.75 Å². The van der Waals surface area contributed by atoms with Crippen LogP contribution in [0.15, 0.2) is 18.2 Å². The fourth-order valence-electron chi connectivity index (χ4n) is 1.46. The van der Waals surface area contributed by atoms with Crippen molar-refractivity contribution >= 4 is 5.78 Å². The molecule has 2 N–H and O–H groups in total. The maximum Gasteiger partial charge on any atom is 0.167 e. The zero-order valence-corrected chi connectivity index (χ0v) is 11.3. The van der Waals surface area contributed by atoms with E-state index < -0.39 is 5.82 Å². The van der Waals surface area contributed by atoms with Crippen molar-refractivity contribution in [2.24, 2.45) is 11.1 Å². The lowest BCUT2D eigenvalue weighted by Crippen LogP contribution is -2.37. The van der Waals surface area contributed by atoms with E-state index >= 15 is 0 Å². The summed E-state index contributed by atoms with van der Waals surface area (Å²) in [5.74, 6) is -0.456. The second kappa shape index (κ2) is 5.48. The van der Waals surface area contributed by atoms with Crippen molar-refractivity contribution in [3.8, 4) is 5.75 Å². The third-order valence-electron chi connectivity index (χ3n) is 2.99. The summed E-state index contributed by atoms with van der Waals surface area (Å²) in [7, 11) is 1.45. The minimum atomic E-state index is -0.569. The number of Topliss-reactive ketones (excluding diaryl/α,β-unsaturated/α-hetero) is 1. The van der Waals surface area contributed by atoms with Crippen LogP contribution >= 0.6 is 0 Å². The van der Waals surface area contributed by atoms with Gasteiger partial charge in [-0.25, -0.2) is 4.39 Å². The molecule has 0 aromatic heterocycles. The Morgan fingerprint density at radius 1 is 1.44 bits per heavy atom. The van der Waals surface area contributed by atoms with Gasteiger partial charge in [0, 0.05) is 18.5 Å². The first kappa shape index (κ1) is 14.6. The van der Waals surface area contributed by atoms with Gasteiger partial charge in [-0.3, -0.25) is 4.79 Å². The molecule has 0 heterocycles. The molecule has 1 rings (SSSR count). The van der Waals surface area contributed by atoms with Crippen LogP contribution in [0.1, 0.15) is 37.6 Å². The number of benzene rings is 1. The first-order valence-corrected chi connectivity index (χ1v) is 5.88. The molecular weight excluding hydrogens is 233 g/mol. The highest BCUT2D eigenvalue weighted by molar-refractivity contribution is 5.96. The topological polar surface area (TPSA) is 52.3 Å². The molecule has 4 heteroatoms. The van der Waals surface area contributed by atoms with Crippen LogP contribution in [0, 0.1) is 11.2 Å². The van der Waals surface area contributed by atoms with Gasteiger partial charge in [-0.15, -0.1) is 0 Å². The van der Waals surface area contributed by atoms with Crippen molar-refractivity contribution in [3.63, 3.8) is 0 Å². The quantitative estimate of drug-likeness (QED) is 0.839. The fraction of sp³-hybridized carbons (Fsp3) is 0.500. The van der Waals surface area contributed by atoms with E-state index in [2.05, 4.69) is 0 Å². The summed E-state index contributed by atoms with van der Waals surface area (Å²) >= 11 is 0. The van der Waals surface area contributed by atoms with E-state index in [-0.39, 0.29) is 29.2 Å². The Bertz CT molecular complexity index is 438. The third-order valence-corrected chi connectivity index (χ3v) is 2.99. The van der Waals surface area contributed by atoms with Crippen LogP contribution in [0.3, 0.4) is 0 Å². The zero-order chi connectivity index (χ0) is 13.9. The number of hydrogen-bond donors (Lipinski definition) is 1.